The Bertz CT molecular complexity index is 670. The summed E-state index contributed by atoms with van der Waals surface area (Å²) in [5.74, 6) is 0. The summed E-state index contributed by atoms with van der Waals surface area (Å²) in [5, 5.41) is 11.6. The van der Waals surface area contributed by atoms with E-state index in [0.717, 1.165) is 23.1 Å². The molecule has 0 fully saturated rings. The van der Waals surface area contributed by atoms with Gasteiger partial charge in [0.05, 0.1) is 5.52 Å². The average molecular weight is 252 g/mol. The fraction of sp³-hybridized carbons (Fsp3) is 0.200. The Balaban J connectivity index is 1.74. The first-order valence-electron chi connectivity index (χ1n) is 6.48. The van der Waals surface area contributed by atoms with Crippen molar-refractivity contribution in [3.05, 3.63) is 54.1 Å². The maximum Gasteiger partial charge on any atom is 0.113 e. The normalized spacial score (nSPS) is 10.8. The quantitative estimate of drug-likeness (QED) is 0.776. The fourth-order valence-electron chi connectivity index (χ4n) is 2.06. The van der Waals surface area contributed by atoms with E-state index < -0.39 is 0 Å². The molecule has 4 heteroatoms. The van der Waals surface area contributed by atoms with Crippen LogP contribution in [0.2, 0.25) is 0 Å². The van der Waals surface area contributed by atoms with Crippen molar-refractivity contribution >= 4 is 16.7 Å². The summed E-state index contributed by atoms with van der Waals surface area (Å²) in [6, 6.07) is 16.4. The van der Waals surface area contributed by atoms with E-state index in [1.165, 1.54) is 5.56 Å². The van der Waals surface area contributed by atoms with E-state index >= 15 is 0 Å². The van der Waals surface area contributed by atoms with Crippen LogP contribution in [0.15, 0.2) is 48.5 Å². The molecule has 2 aromatic carbocycles. The van der Waals surface area contributed by atoms with Gasteiger partial charge in [0.2, 0.25) is 0 Å². The Morgan fingerprint density at radius 3 is 2.63 bits per heavy atom. The van der Waals surface area contributed by atoms with E-state index in [0.29, 0.717) is 6.67 Å². The second-order valence-corrected chi connectivity index (χ2v) is 4.46. The predicted molar refractivity (Wildman–Crippen MR) is 77.0 cm³/mol. The van der Waals surface area contributed by atoms with Crippen molar-refractivity contribution in [3.63, 3.8) is 0 Å². The third kappa shape index (κ3) is 2.42. The average Bonchev–Trinajstić information content (AvgIpc) is 2.89. The van der Waals surface area contributed by atoms with E-state index in [-0.39, 0.29) is 0 Å². The highest BCUT2D eigenvalue weighted by atomic mass is 15.4. The summed E-state index contributed by atoms with van der Waals surface area (Å²) in [4.78, 5) is 0. The molecule has 1 aromatic heterocycles. The molecular weight excluding hydrogens is 236 g/mol. The number of nitrogens with zero attached hydrogens (tertiary/aromatic N) is 3. The van der Waals surface area contributed by atoms with Gasteiger partial charge >= 0.3 is 0 Å². The van der Waals surface area contributed by atoms with Gasteiger partial charge in [0.15, 0.2) is 0 Å². The van der Waals surface area contributed by atoms with Crippen LogP contribution in [0.5, 0.6) is 0 Å². The largest absolute Gasteiger partial charge is 0.366 e. The lowest BCUT2D eigenvalue weighted by atomic mass is 10.1. The number of nitrogens with one attached hydrogen (secondary N) is 1. The Hall–Kier alpha value is -2.36. The topological polar surface area (TPSA) is 42.7 Å². The van der Waals surface area contributed by atoms with Crippen molar-refractivity contribution in [2.24, 2.45) is 0 Å². The molecule has 3 rings (SSSR count). The lowest BCUT2D eigenvalue weighted by Gasteiger charge is -2.07. The molecule has 96 valence electrons. The van der Waals surface area contributed by atoms with Crippen LogP contribution in [0.25, 0.3) is 11.0 Å². The van der Waals surface area contributed by atoms with Gasteiger partial charge in [-0.2, -0.15) is 0 Å². The number of hydrogen-bond acceptors (Lipinski definition) is 3. The summed E-state index contributed by atoms with van der Waals surface area (Å²) in [5.41, 5.74) is 4.40. The molecule has 3 aromatic rings. The Labute approximate surface area is 112 Å². The highest BCUT2D eigenvalue weighted by molar-refractivity contribution is 5.73. The Kier molecular flexibility index (Phi) is 3.14. The van der Waals surface area contributed by atoms with Crippen LogP contribution < -0.4 is 5.32 Å². The van der Waals surface area contributed by atoms with Gasteiger partial charge in [-0.15, -0.1) is 5.10 Å². The molecule has 0 amide bonds. The van der Waals surface area contributed by atoms with E-state index in [1.807, 2.05) is 28.9 Å². The van der Waals surface area contributed by atoms with Gasteiger partial charge < -0.3 is 5.32 Å². The fourth-order valence-corrected chi connectivity index (χ4v) is 2.06. The van der Waals surface area contributed by atoms with Gasteiger partial charge in [0.25, 0.3) is 0 Å². The second kappa shape index (κ2) is 5.10. The summed E-state index contributed by atoms with van der Waals surface area (Å²) in [6.07, 6.45) is 1.06. The van der Waals surface area contributed by atoms with Gasteiger partial charge in [-0.25, -0.2) is 4.68 Å². The zero-order valence-corrected chi connectivity index (χ0v) is 10.9. The number of aromatic nitrogens is 3. The van der Waals surface area contributed by atoms with E-state index in [4.69, 9.17) is 0 Å². The molecule has 4 nitrogen and oxygen atoms in total. The lowest BCUT2D eigenvalue weighted by Crippen LogP contribution is -2.09. The highest BCUT2D eigenvalue weighted by Gasteiger charge is 2.02. The minimum atomic E-state index is 0.617. The molecule has 0 bridgehead atoms. The van der Waals surface area contributed by atoms with Crippen LogP contribution in [-0.4, -0.2) is 15.0 Å². The molecule has 0 spiro atoms. The molecule has 0 aliphatic heterocycles. The monoisotopic (exact) mass is 252 g/mol. The van der Waals surface area contributed by atoms with Crippen molar-refractivity contribution in [2.45, 2.75) is 20.0 Å². The van der Waals surface area contributed by atoms with Crippen LogP contribution in [0, 0.1) is 0 Å². The van der Waals surface area contributed by atoms with E-state index in [2.05, 4.69) is 46.8 Å². The molecule has 0 aliphatic carbocycles. The van der Waals surface area contributed by atoms with Crippen molar-refractivity contribution in [2.75, 3.05) is 5.32 Å². The number of rotatable bonds is 4. The summed E-state index contributed by atoms with van der Waals surface area (Å²) in [7, 11) is 0. The number of benzene rings is 2. The van der Waals surface area contributed by atoms with Gasteiger partial charge in [-0.1, -0.05) is 36.4 Å². The molecule has 0 saturated carbocycles. The number of hydrogen-bond donors (Lipinski definition) is 1. The maximum absolute atomic E-state index is 4.15. The standard InChI is InChI=1S/C15H16N4/c1-2-12-7-9-13(10-8-12)16-11-19-15-6-4-3-5-14(15)17-18-19/h3-10,16H,2,11H2,1H3. The molecule has 0 unspecified atom stereocenters. The predicted octanol–water partition coefficient (Wildman–Crippen LogP) is 3.06. The Morgan fingerprint density at radius 2 is 1.84 bits per heavy atom. The van der Waals surface area contributed by atoms with Crippen LogP contribution in [-0.2, 0) is 13.1 Å². The van der Waals surface area contributed by atoms with Crippen molar-refractivity contribution < 1.29 is 0 Å². The molecule has 0 saturated heterocycles. The van der Waals surface area contributed by atoms with E-state index in [1.54, 1.807) is 0 Å². The van der Waals surface area contributed by atoms with Crippen molar-refractivity contribution in [1.29, 1.82) is 0 Å². The first-order valence-corrected chi connectivity index (χ1v) is 6.48. The molecular formula is C15H16N4. The molecule has 0 atom stereocenters. The first-order chi connectivity index (χ1) is 9.36. The molecule has 0 radical (unpaired) electrons. The van der Waals surface area contributed by atoms with Crippen LogP contribution in [0.4, 0.5) is 5.69 Å². The van der Waals surface area contributed by atoms with Gasteiger partial charge in [0.1, 0.15) is 12.2 Å². The van der Waals surface area contributed by atoms with E-state index in [9.17, 15) is 0 Å². The second-order valence-electron chi connectivity index (χ2n) is 4.46. The van der Waals surface area contributed by atoms with Crippen LogP contribution in [0.1, 0.15) is 12.5 Å². The summed E-state index contributed by atoms with van der Waals surface area (Å²) in [6.45, 7) is 2.77. The number of anilines is 1. The van der Waals surface area contributed by atoms with Gasteiger partial charge in [-0.3, -0.25) is 0 Å². The third-order valence-electron chi connectivity index (χ3n) is 3.22. The maximum atomic E-state index is 4.15. The number of para-hydroxylation sites is 1. The van der Waals surface area contributed by atoms with Crippen molar-refractivity contribution in [1.82, 2.24) is 15.0 Å². The molecule has 0 aliphatic rings. The smallest absolute Gasteiger partial charge is 0.113 e. The van der Waals surface area contributed by atoms with Crippen LogP contribution in [0.3, 0.4) is 0 Å². The number of aryl methyl sites for hydroxylation is 1. The third-order valence-corrected chi connectivity index (χ3v) is 3.22. The zero-order chi connectivity index (χ0) is 13.1. The summed E-state index contributed by atoms with van der Waals surface area (Å²) < 4.78 is 1.86. The zero-order valence-electron chi connectivity index (χ0n) is 10.9. The van der Waals surface area contributed by atoms with Gasteiger partial charge in [0, 0.05) is 5.69 Å². The highest BCUT2D eigenvalue weighted by Crippen LogP contribution is 2.12. The first kappa shape index (κ1) is 11.7. The Morgan fingerprint density at radius 1 is 1.05 bits per heavy atom. The SMILES string of the molecule is CCc1ccc(NCn2nnc3ccccc32)cc1. The van der Waals surface area contributed by atoms with Gasteiger partial charge in [-0.05, 0) is 36.2 Å². The minimum Gasteiger partial charge on any atom is -0.366 e. The lowest BCUT2D eigenvalue weighted by molar-refractivity contribution is 0.655. The summed E-state index contributed by atoms with van der Waals surface area (Å²) >= 11 is 0. The number of fused-ring (bicyclic) bond motifs is 1. The molecule has 1 heterocycles. The van der Waals surface area contributed by atoms with Crippen molar-refractivity contribution in [3.8, 4) is 0 Å². The molecule has 1 N–H and O–H groups in total. The van der Waals surface area contributed by atoms with Crippen LogP contribution >= 0.6 is 0 Å². The molecule has 19 heavy (non-hydrogen) atoms. The minimum absolute atomic E-state index is 0.617.